The summed E-state index contributed by atoms with van der Waals surface area (Å²) in [6.07, 6.45) is 3.82. The van der Waals surface area contributed by atoms with Gasteiger partial charge in [0.1, 0.15) is 5.82 Å². The van der Waals surface area contributed by atoms with Crippen molar-refractivity contribution in [2.24, 2.45) is 12.8 Å². The van der Waals surface area contributed by atoms with Crippen molar-refractivity contribution >= 4 is 34.2 Å². The zero-order valence-electron chi connectivity index (χ0n) is 11.9. The quantitative estimate of drug-likeness (QED) is 0.677. The number of benzene rings is 1. The number of para-hydroxylation sites is 1. The van der Waals surface area contributed by atoms with Gasteiger partial charge in [-0.1, -0.05) is 17.7 Å². The first-order valence-electron chi connectivity index (χ1n) is 6.71. The number of nitrogens with one attached hydrogen (secondary N) is 2. The number of nitrogens with two attached hydrogens (primary N) is 1. The molecule has 0 saturated heterocycles. The number of H-pyrrole nitrogens is 1. The van der Waals surface area contributed by atoms with Crippen LogP contribution in [0.3, 0.4) is 0 Å². The van der Waals surface area contributed by atoms with Crippen LogP contribution in [0, 0.1) is 0 Å². The number of nitrogens with zero attached hydrogens (tertiary/aromatic N) is 3. The van der Waals surface area contributed by atoms with Gasteiger partial charge in [-0.2, -0.15) is 5.10 Å². The molecule has 4 N–H and O–H groups in total. The monoisotopic (exact) mass is 318 g/mol. The Morgan fingerprint density at radius 1 is 1.55 bits per heavy atom. The second-order valence-corrected chi connectivity index (χ2v) is 5.40. The van der Waals surface area contributed by atoms with E-state index in [0.717, 1.165) is 11.2 Å². The molecular formula is C14H15ClN6O. The Balaban J connectivity index is 1.75. The first-order valence-corrected chi connectivity index (χ1v) is 7.09. The fraction of sp³-hybridized carbons (Fsp3) is 0.214. The van der Waals surface area contributed by atoms with Crippen molar-refractivity contribution in [2.45, 2.75) is 12.5 Å². The van der Waals surface area contributed by atoms with E-state index in [1.165, 1.54) is 0 Å². The maximum atomic E-state index is 12.2. The average Bonchev–Trinajstić information content (AvgIpc) is 3.07. The molecule has 3 rings (SSSR count). The summed E-state index contributed by atoms with van der Waals surface area (Å²) < 4.78 is 1.83. The van der Waals surface area contributed by atoms with E-state index in [4.69, 9.17) is 17.3 Å². The van der Waals surface area contributed by atoms with Gasteiger partial charge in [-0.25, -0.2) is 4.98 Å². The van der Waals surface area contributed by atoms with E-state index in [1.807, 2.05) is 23.9 Å². The van der Waals surface area contributed by atoms with Crippen LogP contribution in [-0.2, 0) is 18.3 Å². The van der Waals surface area contributed by atoms with Crippen LogP contribution >= 0.6 is 11.6 Å². The molecule has 8 heteroatoms. The van der Waals surface area contributed by atoms with E-state index in [0.29, 0.717) is 22.8 Å². The Kier molecular flexibility index (Phi) is 3.82. The zero-order valence-corrected chi connectivity index (χ0v) is 12.6. The lowest BCUT2D eigenvalue weighted by Gasteiger charge is -2.11. The highest BCUT2D eigenvalue weighted by Gasteiger charge is 2.18. The van der Waals surface area contributed by atoms with Crippen molar-refractivity contribution in [1.29, 1.82) is 0 Å². The number of imidazole rings is 1. The summed E-state index contributed by atoms with van der Waals surface area (Å²) in [6.45, 7) is 0. The van der Waals surface area contributed by atoms with Gasteiger partial charge in [-0.05, 0) is 12.1 Å². The van der Waals surface area contributed by atoms with Crippen molar-refractivity contribution in [3.05, 3.63) is 41.4 Å². The van der Waals surface area contributed by atoms with Crippen molar-refractivity contribution in [3.8, 4) is 0 Å². The average molecular weight is 319 g/mol. The van der Waals surface area contributed by atoms with Crippen molar-refractivity contribution in [3.63, 3.8) is 0 Å². The molecule has 0 aliphatic heterocycles. The van der Waals surface area contributed by atoms with Crippen LogP contribution in [0.25, 0.3) is 10.9 Å². The predicted octanol–water partition coefficient (Wildman–Crippen LogP) is 1.46. The fourth-order valence-electron chi connectivity index (χ4n) is 2.19. The fourth-order valence-corrected chi connectivity index (χ4v) is 2.41. The molecule has 22 heavy (non-hydrogen) atoms. The van der Waals surface area contributed by atoms with E-state index in [1.54, 1.807) is 18.3 Å². The van der Waals surface area contributed by atoms with Crippen LogP contribution < -0.4 is 11.1 Å². The molecule has 1 amide bonds. The summed E-state index contributed by atoms with van der Waals surface area (Å²) in [5.41, 5.74) is 6.62. The molecular weight excluding hydrogens is 304 g/mol. The number of anilines is 1. The van der Waals surface area contributed by atoms with Crippen molar-refractivity contribution < 1.29 is 4.79 Å². The summed E-state index contributed by atoms with van der Waals surface area (Å²) in [4.78, 5) is 16.4. The molecule has 3 aromatic rings. The Morgan fingerprint density at radius 3 is 3.09 bits per heavy atom. The minimum Gasteiger partial charge on any atom is -0.338 e. The van der Waals surface area contributed by atoms with Crippen molar-refractivity contribution in [1.82, 2.24) is 19.7 Å². The number of amides is 1. The topological polar surface area (TPSA) is 102 Å². The van der Waals surface area contributed by atoms with Gasteiger partial charge in [-0.15, -0.1) is 0 Å². The number of rotatable bonds is 4. The van der Waals surface area contributed by atoms with E-state index >= 15 is 0 Å². The molecule has 7 nitrogen and oxygen atoms in total. The molecule has 0 spiro atoms. The molecule has 0 bridgehead atoms. The zero-order chi connectivity index (χ0) is 15.7. The van der Waals surface area contributed by atoms with Crippen LogP contribution in [0.5, 0.6) is 0 Å². The van der Waals surface area contributed by atoms with Gasteiger partial charge in [0.05, 0.1) is 16.6 Å². The summed E-state index contributed by atoms with van der Waals surface area (Å²) in [5, 5.41) is 10.9. The number of aryl methyl sites for hydroxylation is 1. The van der Waals surface area contributed by atoms with Gasteiger partial charge in [0, 0.05) is 31.2 Å². The maximum Gasteiger partial charge on any atom is 0.242 e. The van der Waals surface area contributed by atoms with Crippen LogP contribution in [0.15, 0.2) is 30.6 Å². The van der Waals surface area contributed by atoms with E-state index < -0.39 is 6.04 Å². The third-order valence-corrected chi connectivity index (χ3v) is 3.77. The highest BCUT2D eigenvalue weighted by Crippen LogP contribution is 2.26. The normalized spacial score (nSPS) is 12.5. The largest absolute Gasteiger partial charge is 0.338 e. The van der Waals surface area contributed by atoms with Crippen LogP contribution in [0.1, 0.15) is 5.82 Å². The van der Waals surface area contributed by atoms with Gasteiger partial charge >= 0.3 is 0 Å². The third kappa shape index (κ3) is 2.68. The molecule has 2 heterocycles. The molecule has 114 valence electrons. The Hall–Kier alpha value is -2.38. The molecule has 0 radical (unpaired) electrons. The van der Waals surface area contributed by atoms with E-state index in [-0.39, 0.29) is 5.91 Å². The van der Waals surface area contributed by atoms with Gasteiger partial charge in [0.15, 0.2) is 5.82 Å². The smallest absolute Gasteiger partial charge is 0.242 e. The van der Waals surface area contributed by atoms with Crippen LogP contribution in [-0.4, -0.2) is 31.7 Å². The molecule has 1 atom stereocenters. The molecule has 0 aliphatic rings. The second-order valence-electron chi connectivity index (χ2n) is 4.99. The van der Waals surface area contributed by atoms with E-state index in [9.17, 15) is 4.79 Å². The summed E-state index contributed by atoms with van der Waals surface area (Å²) in [7, 11) is 1.86. The SMILES string of the molecule is Cn1ccnc1CC(N)C(=O)Nc1n[nH]c2c(Cl)cccc12. The summed E-state index contributed by atoms with van der Waals surface area (Å²) in [5.74, 6) is 0.840. The molecule has 0 saturated carbocycles. The summed E-state index contributed by atoms with van der Waals surface area (Å²) in [6, 6.07) is 4.65. The van der Waals surface area contributed by atoms with Crippen molar-refractivity contribution in [2.75, 3.05) is 5.32 Å². The maximum absolute atomic E-state index is 12.2. The van der Waals surface area contributed by atoms with E-state index in [2.05, 4.69) is 20.5 Å². The predicted molar refractivity (Wildman–Crippen MR) is 84.6 cm³/mol. The number of hydrogen-bond acceptors (Lipinski definition) is 4. The summed E-state index contributed by atoms with van der Waals surface area (Å²) >= 11 is 6.06. The molecule has 2 aromatic heterocycles. The molecule has 1 unspecified atom stereocenters. The number of hydrogen-bond donors (Lipinski definition) is 3. The Bertz CT molecular complexity index is 824. The van der Waals surface area contributed by atoms with Gasteiger partial charge in [0.25, 0.3) is 0 Å². The number of fused-ring (bicyclic) bond motifs is 1. The highest BCUT2D eigenvalue weighted by atomic mass is 35.5. The minimum atomic E-state index is -0.716. The van der Waals surface area contributed by atoms with Gasteiger partial charge < -0.3 is 15.6 Å². The molecule has 1 aromatic carbocycles. The number of aromatic nitrogens is 4. The Labute approximate surface area is 131 Å². The van der Waals surface area contributed by atoms with Crippen LogP contribution in [0.2, 0.25) is 5.02 Å². The third-order valence-electron chi connectivity index (χ3n) is 3.45. The van der Waals surface area contributed by atoms with Gasteiger partial charge in [-0.3, -0.25) is 9.89 Å². The first-order chi connectivity index (χ1) is 10.6. The number of carbonyl (C=O) groups is 1. The lowest BCUT2D eigenvalue weighted by molar-refractivity contribution is -0.117. The molecule has 0 aliphatic carbocycles. The number of aromatic amines is 1. The van der Waals surface area contributed by atoms with Crippen LogP contribution in [0.4, 0.5) is 5.82 Å². The van der Waals surface area contributed by atoms with Gasteiger partial charge in [0.2, 0.25) is 5.91 Å². The lowest BCUT2D eigenvalue weighted by Crippen LogP contribution is -2.38. The lowest BCUT2D eigenvalue weighted by atomic mass is 10.2. The second kappa shape index (κ2) is 5.78. The number of carbonyl (C=O) groups excluding carboxylic acids is 1. The first kappa shape index (κ1) is 14.6. The minimum absolute atomic E-state index is 0.323. The highest BCUT2D eigenvalue weighted by molar-refractivity contribution is 6.35. The number of halogens is 1. The standard InChI is InChI=1S/C14H15ClN6O/c1-21-6-5-17-11(21)7-10(16)14(22)18-13-8-3-2-4-9(15)12(8)19-20-13/h2-6,10H,7,16H2,1H3,(H2,18,19,20,22). The Morgan fingerprint density at radius 2 is 2.36 bits per heavy atom. The molecule has 0 fully saturated rings.